The molecule has 1 atom stereocenters. The van der Waals surface area contributed by atoms with Gasteiger partial charge < -0.3 is 19.8 Å². The Morgan fingerprint density at radius 1 is 1.12 bits per heavy atom. The lowest BCUT2D eigenvalue weighted by molar-refractivity contribution is -0.165. The smallest absolute Gasteiger partial charge is 0.410 e. The van der Waals surface area contributed by atoms with Gasteiger partial charge in [-0.05, 0) is 64.7 Å². The number of carbonyl (C=O) groups excluding carboxylic acids is 1. The van der Waals surface area contributed by atoms with Crippen LogP contribution in [0.5, 0.6) is 0 Å². The van der Waals surface area contributed by atoms with Gasteiger partial charge in [-0.15, -0.1) is 0 Å². The number of rotatable bonds is 2. The molecule has 5 nitrogen and oxygen atoms in total. The van der Waals surface area contributed by atoms with Gasteiger partial charge in [0.2, 0.25) is 0 Å². The van der Waals surface area contributed by atoms with Crippen molar-refractivity contribution in [2.45, 2.75) is 84.3 Å². The number of β-amino-alcohol motifs (C(OH)–C–C–N with tert-alkyl or cyclic N) is 1. The number of amides is 1. The first kappa shape index (κ1) is 19.5. The predicted molar refractivity (Wildman–Crippen MR) is 93.8 cm³/mol. The minimum Gasteiger partial charge on any atom is -0.444 e. The quantitative estimate of drug-likeness (QED) is 0.808. The van der Waals surface area contributed by atoms with Gasteiger partial charge in [0.05, 0.1) is 18.8 Å². The summed E-state index contributed by atoms with van der Waals surface area (Å²) in [6.45, 7) is 10.9. The number of piperidine rings is 1. The van der Waals surface area contributed by atoms with E-state index in [9.17, 15) is 15.0 Å². The molecule has 1 saturated carbocycles. The topological polar surface area (TPSA) is 70.0 Å². The molecule has 2 rings (SSSR count). The van der Waals surface area contributed by atoms with E-state index in [0.29, 0.717) is 13.0 Å². The summed E-state index contributed by atoms with van der Waals surface area (Å²) in [6, 6.07) is 0. The third-order valence-corrected chi connectivity index (χ3v) is 5.97. The molecule has 1 saturated heterocycles. The molecule has 5 heteroatoms. The van der Waals surface area contributed by atoms with Crippen LogP contribution in [0.4, 0.5) is 4.79 Å². The molecule has 24 heavy (non-hydrogen) atoms. The highest BCUT2D eigenvalue weighted by Crippen LogP contribution is 2.52. The molecule has 2 aliphatic rings. The van der Waals surface area contributed by atoms with Gasteiger partial charge in [-0.3, -0.25) is 0 Å². The standard InChI is InChI=1S/C19H35NO4/c1-16(2,3)24-15(22)20-12-6-7-19(23,13-20)18(14-21)10-8-17(4,5)9-11-18/h21,23H,6-14H2,1-5H3. The summed E-state index contributed by atoms with van der Waals surface area (Å²) >= 11 is 0. The zero-order valence-electron chi connectivity index (χ0n) is 16.0. The highest BCUT2D eigenvalue weighted by Gasteiger charge is 2.54. The number of carbonyl (C=O) groups is 1. The average Bonchev–Trinajstić information content (AvgIpc) is 2.46. The van der Waals surface area contributed by atoms with Crippen molar-refractivity contribution in [3.63, 3.8) is 0 Å². The van der Waals surface area contributed by atoms with Crippen LogP contribution in [-0.2, 0) is 4.74 Å². The number of hydrogen-bond donors (Lipinski definition) is 2. The van der Waals surface area contributed by atoms with Crippen molar-refractivity contribution in [3.05, 3.63) is 0 Å². The molecule has 0 spiro atoms. The summed E-state index contributed by atoms with van der Waals surface area (Å²) in [7, 11) is 0. The molecular formula is C19H35NO4. The van der Waals surface area contributed by atoms with Crippen molar-refractivity contribution in [3.8, 4) is 0 Å². The lowest BCUT2D eigenvalue weighted by atomic mass is 9.57. The van der Waals surface area contributed by atoms with E-state index in [1.807, 2.05) is 20.8 Å². The van der Waals surface area contributed by atoms with E-state index in [4.69, 9.17) is 4.74 Å². The van der Waals surface area contributed by atoms with Crippen molar-refractivity contribution in [1.29, 1.82) is 0 Å². The van der Waals surface area contributed by atoms with Crippen LogP contribution in [0.15, 0.2) is 0 Å². The zero-order valence-corrected chi connectivity index (χ0v) is 16.0. The number of aliphatic hydroxyl groups excluding tert-OH is 1. The van der Waals surface area contributed by atoms with Crippen molar-refractivity contribution in [2.75, 3.05) is 19.7 Å². The molecule has 0 bridgehead atoms. The second-order valence-electron chi connectivity index (χ2n) is 9.64. The number of ether oxygens (including phenoxy) is 1. The van der Waals surface area contributed by atoms with E-state index in [0.717, 1.165) is 32.1 Å². The first-order valence-electron chi connectivity index (χ1n) is 9.23. The minimum atomic E-state index is -1.03. The predicted octanol–water partition coefficient (Wildman–Crippen LogP) is 3.33. The maximum absolute atomic E-state index is 12.4. The Balaban J connectivity index is 2.14. The number of likely N-dealkylation sites (tertiary alicyclic amines) is 1. The van der Waals surface area contributed by atoms with Crippen LogP contribution in [0.25, 0.3) is 0 Å². The summed E-state index contributed by atoms with van der Waals surface area (Å²) in [5.41, 5.74) is -1.83. The molecular weight excluding hydrogens is 306 g/mol. The fourth-order valence-corrected chi connectivity index (χ4v) is 4.13. The Kier molecular flexibility index (Phi) is 5.27. The van der Waals surface area contributed by atoms with Crippen molar-refractivity contribution in [1.82, 2.24) is 4.90 Å². The van der Waals surface area contributed by atoms with Gasteiger partial charge in [-0.2, -0.15) is 0 Å². The number of nitrogens with zero attached hydrogens (tertiary/aromatic N) is 1. The van der Waals surface area contributed by atoms with E-state index < -0.39 is 16.6 Å². The maximum Gasteiger partial charge on any atom is 0.410 e. The van der Waals surface area contributed by atoms with Gasteiger partial charge in [0.15, 0.2) is 0 Å². The normalized spacial score (nSPS) is 30.0. The van der Waals surface area contributed by atoms with Gasteiger partial charge in [0, 0.05) is 12.0 Å². The van der Waals surface area contributed by atoms with E-state index in [2.05, 4.69) is 13.8 Å². The summed E-state index contributed by atoms with van der Waals surface area (Å²) in [5.74, 6) is 0. The Hall–Kier alpha value is -0.810. The SMILES string of the molecule is CC1(C)CCC(CO)(C2(O)CCCN(C(=O)OC(C)(C)C)C2)CC1. The van der Waals surface area contributed by atoms with Crippen molar-refractivity contribution < 1.29 is 19.7 Å². The molecule has 1 heterocycles. The fourth-order valence-electron chi connectivity index (χ4n) is 4.13. The van der Waals surface area contributed by atoms with Crippen LogP contribution < -0.4 is 0 Å². The Labute approximate surface area is 146 Å². The third-order valence-electron chi connectivity index (χ3n) is 5.97. The largest absolute Gasteiger partial charge is 0.444 e. The van der Waals surface area contributed by atoms with Crippen LogP contribution in [-0.4, -0.2) is 52.1 Å². The molecule has 1 aliphatic carbocycles. The Morgan fingerprint density at radius 3 is 2.21 bits per heavy atom. The average molecular weight is 341 g/mol. The van der Waals surface area contributed by atoms with Gasteiger partial charge in [0.1, 0.15) is 5.60 Å². The van der Waals surface area contributed by atoms with Crippen molar-refractivity contribution in [2.24, 2.45) is 10.8 Å². The first-order chi connectivity index (χ1) is 10.9. The Morgan fingerprint density at radius 2 is 1.71 bits per heavy atom. The van der Waals surface area contributed by atoms with E-state index in [1.165, 1.54) is 0 Å². The van der Waals surface area contributed by atoms with E-state index in [1.54, 1.807) is 4.90 Å². The van der Waals surface area contributed by atoms with Gasteiger partial charge in [0.25, 0.3) is 0 Å². The molecule has 0 aromatic rings. The second-order valence-corrected chi connectivity index (χ2v) is 9.64. The van der Waals surface area contributed by atoms with E-state index >= 15 is 0 Å². The second kappa shape index (κ2) is 6.49. The zero-order chi connectivity index (χ0) is 18.2. The highest BCUT2D eigenvalue weighted by molar-refractivity contribution is 5.68. The molecule has 2 N–H and O–H groups in total. The van der Waals surface area contributed by atoms with Gasteiger partial charge in [-0.1, -0.05) is 13.8 Å². The third kappa shape index (κ3) is 4.05. The van der Waals surface area contributed by atoms with E-state index in [-0.39, 0.29) is 24.7 Å². The summed E-state index contributed by atoms with van der Waals surface area (Å²) in [5, 5.41) is 21.6. The molecule has 1 aliphatic heterocycles. The number of hydrogen-bond acceptors (Lipinski definition) is 4. The summed E-state index contributed by atoms with van der Waals surface area (Å²) in [6.07, 6.45) is 4.58. The lowest BCUT2D eigenvalue weighted by Gasteiger charge is -2.54. The van der Waals surface area contributed by atoms with Gasteiger partial charge in [-0.25, -0.2) is 4.79 Å². The molecule has 0 aromatic carbocycles. The molecule has 1 amide bonds. The molecule has 2 fully saturated rings. The highest BCUT2D eigenvalue weighted by atomic mass is 16.6. The van der Waals surface area contributed by atoms with Crippen LogP contribution in [0, 0.1) is 10.8 Å². The number of aliphatic hydroxyl groups is 2. The first-order valence-corrected chi connectivity index (χ1v) is 9.23. The van der Waals surface area contributed by atoms with Crippen LogP contribution >= 0.6 is 0 Å². The fraction of sp³-hybridized carbons (Fsp3) is 0.947. The lowest BCUT2D eigenvalue weighted by Crippen LogP contribution is -2.62. The molecule has 1 unspecified atom stereocenters. The van der Waals surface area contributed by atoms with Crippen LogP contribution in [0.2, 0.25) is 0 Å². The monoisotopic (exact) mass is 341 g/mol. The Bertz CT molecular complexity index is 458. The summed E-state index contributed by atoms with van der Waals surface area (Å²) in [4.78, 5) is 14.0. The minimum absolute atomic E-state index is 0.0261. The molecule has 140 valence electrons. The maximum atomic E-state index is 12.4. The van der Waals surface area contributed by atoms with Crippen LogP contribution in [0.1, 0.15) is 73.1 Å². The molecule has 0 radical (unpaired) electrons. The summed E-state index contributed by atoms with van der Waals surface area (Å²) < 4.78 is 5.47. The van der Waals surface area contributed by atoms with Crippen LogP contribution in [0.3, 0.4) is 0 Å². The van der Waals surface area contributed by atoms with Crippen molar-refractivity contribution >= 4 is 6.09 Å². The molecule has 0 aromatic heterocycles. The van der Waals surface area contributed by atoms with Gasteiger partial charge >= 0.3 is 6.09 Å².